The second-order valence-electron chi connectivity index (χ2n) is 3.11. The highest BCUT2D eigenvalue weighted by molar-refractivity contribution is 7.16. The van der Waals surface area contributed by atoms with Crippen molar-refractivity contribution in [2.45, 2.75) is 6.18 Å². The summed E-state index contributed by atoms with van der Waals surface area (Å²) in [5.41, 5.74) is -0.678. The van der Waals surface area contributed by atoms with Crippen molar-refractivity contribution in [2.24, 2.45) is 0 Å². The number of aromatic nitrogens is 2. The van der Waals surface area contributed by atoms with E-state index in [0.717, 1.165) is 29.7 Å². The molecule has 0 atom stereocenters. The maximum atomic E-state index is 12.5. The molecule has 0 aliphatic rings. The van der Waals surface area contributed by atoms with E-state index in [4.69, 9.17) is 0 Å². The number of aldehydes is 1. The summed E-state index contributed by atoms with van der Waals surface area (Å²) in [6.45, 7) is 0. The summed E-state index contributed by atoms with van der Waals surface area (Å²) in [6, 6.07) is 1.80. The summed E-state index contributed by atoms with van der Waals surface area (Å²) in [7, 11) is 0. The molecule has 17 heavy (non-hydrogen) atoms. The van der Waals surface area contributed by atoms with Crippen LogP contribution < -0.4 is 0 Å². The van der Waals surface area contributed by atoms with E-state index in [9.17, 15) is 18.0 Å². The third-order valence-electron chi connectivity index (χ3n) is 1.95. The van der Waals surface area contributed by atoms with Crippen LogP contribution in [0.2, 0.25) is 0 Å². The number of nitrogens with zero attached hydrogens (tertiary/aromatic N) is 2. The predicted octanol–water partition coefficient (Wildman–Crippen LogP) is 3.04. The largest absolute Gasteiger partial charge is 0.416 e. The Bertz CT molecular complexity index is 550. The van der Waals surface area contributed by atoms with Gasteiger partial charge in [-0.1, -0.05) is 0 Å². The van der Waals surface area contributed by atoms with Gasteiger partial charge in [-0.25, -0.2) is 4.98 Å². The second kappa shape index (κ2) is 4.25. The number of hydrogen-bond acceptors (Lipinski definition) is 4. The Hall–Kier alpha value is -1.76. The van der Waals surface area contributed by atoms with Crippen LogP contribution in [0, 0.1) is 0 Å². The number of alkyl halides is 3. The summed E-state index contributed by atoms with van der Waals surface area (Å²) in [4.78, 5) is 18.4. The Morgan fingerprint density at radius 2 is 2.06 bits per heavy atom. The first kappa shape index (κ1) is 11.7. The molecule has 0 bridgehead atoms. The van der Waals surface area contributed by atoms with E-state index < -0.39 is 11.7 Å². The van der Waals surface area contributed by atoms with Crippen LogP contribution in [0.5, 0.6) is 0 Å². The second-order valence-corrected chi connectivity index (χ2v) is 4.18. The lowest BCUT2D eigenvalue weighted by molar-refractivity contribution is -0.137. The first-order valence-electron chi connectivity index (χ1n) is 4.45. The smallest absolute Gasteiger partial charge is 0.297 e. The Labute approximate surface area is 98.0 Å². The molecule has 0 saturated carbocycles. The molecule has 2 aromatic heterocycles. The van der Waals surface area contributed by atoms with Crippen molar-refractivity contribution >= 4 is 17.6 Å². The number of rotatable bonds is 2. The highest BCUT2D eigenvalue weighted by atomic mass is 32.1. The molecule has 0 N–H and O–H groups in total. The molecule has 0 aromatic carbocycles. The molecular formula is C10H5F3N2OS. The van der Waals surface area contributed by atoms with Gasteiger partial charge in [-0.2, -0.15) is 13.2 Å². The molecule has 0 radical (unpaired) electrons. The molecule has 88 valence electrons. The van der Waals surface area contributed by atoms with Crippen LogP contribution >= 0.6 is 11.3 Å². The van der Waals surface area contributed by atoms with Gasteiger partial charge >= 0.3 is 6.18 Å². The van der Waals surface area contributed by atoms with Crippen molar-refractivity contribution in [3.8, 4) is 10.7 Å². The minimum atomic E-state index is -4.41. The van der Waals surface area contributed by atoms with Crippen LogP contribution in [-0.2, 0) is 6.18 Å². The lowest BCUT2D eigenvalue weighted by Crippen LogP contribution is -2.05. The third kappa shape index (κ3) is 2.50. The first-order valence-corrected chi connectivity index (χ1v) is 5.27. The Morgan fingerprint density at radius 1 is 1.29 bits per heavy atom. The average Bonchev–Trinajstić information content (AvgIpc) is 2.76. The zero-order valence-electron chi connectivity index (χ0n) is 8.23. The van der Waals surface area contributed by atoms with E-state index >= 15 is 0 Å². The van der Waals surface area contributed by atoms with E-state index in [1.54, 1.807) is 0 Å². The van der Waals surface area contributed by atoms with Gasteiger partial charge in [0.2, 0.25) is 0 Å². The van der Waals surface area contributed by atoms with E-state index in [1.807, 2.05) is 0 Å². The Kier molecular flexibility index (Phi) is 2.93. The summed E-state index contributed by atoms with van der Waals surface area (Å²) in [5.74, 6) is 0. The van der Waals surface area contributed by atoms with E-state index in [1.165, 1.54) is 6.20 Å². The van der Waals surface area contributed by atoms with Gasteiger partial charge in [-0.3, -0.25) is 9.78 Å². The van der Waals surface area contributed by atoms with Crippen molar-refractivity contribution < 1.29 is 18.0 Å². The monoisotopic (exact) mass is 258 g/mol. The van der Waals surface area contributed by atoms with E-state index in [0.29, 0.717) is 16.2 Å². The molecule has 0 saturated heterocycles. The topological polar surface area (TPSA) is 42.9 Å². The number of pyridine rings is 1. The lowest BCUT2D eigenvalue weighted by Gasteiger charge is -2.06. The highest BCUT2D eigenvalue weighted by Gasteiger charge is 2.30. The van der Waals surface area contributed by atoms with Crippen LogP contribution in [-0.4, -0.2) is 16.3 Å². The molecule has 0 fully saturated rings. The van der Waals surface area contributed by atoms with Crippen molar-refractivity contribution in [1.29, 1.82) is 0 Å². The molecule has 7 heteroatoms. The quantitative estimate of drug-likeness (QED) is 0.777. The number of carbonyl (C=O) groups is 1. The van der Waals surface area contributed by atoms with Crippen molar-refractivity contribution in [3.05, 3.63) is 35.0 Å². The molecule has 0 unspecified atom stereocenters. The highest BCUT2D eigenvalue weighted by Crippen LogP contribution is 2.31. The first-order chi connectivity index (χ1) is 8.00. The van der Waals surface area contributed by atoms with Gasteiger partial charge in [0, 0.05) is 12.4 Å². The SMILES string of the molecule is O=Cc1cnc(-c2cc(C(F)(F)F)ccn2)s1. The molecule has 0 amide bonds. The van der Waals surface area contributed by atoms with Crippen LogP contribution in [0.3, 0.4) is 0 Å². The minimum absolute atomic E-state index is 0.109. The maximum Gasteiger partial charge on any atom is 0.416 e. The van der Waals surface area contributed by atoms with Gasteiger partial charge in [-0.05, 0) is 12.1 Å². The summed E-state index contributed by atoms with van der Waals surface area (Å²) in [5, 5.41) is 0.290. The molecule has 0 spiro atoms. The summed E-state index contributed by atoms with van der Waals surface area (Å²) < 4.78 is 37.4. The summed E-state index contributed by atoms with van der Waals surface area (Å²) in [6.07, 6.45) is -1.45. The van der Waals surface area contributed by atoms with E-state index in [2.05, 4.69) is 9.97 Å². The Morgan fingerprint density at radius 3 is 2.65 bits per heavy atom. The van der Waals surface area contributed by atoms with Gasteiger partial charge < -0.3 is 0 Å². The van der Waals surface area contributed by atoms with Crippen LogP contribution in [0.4, 0.5) is 13.2 Å². The summed E-state index contributed by atoms with van der Waals surface area (Å²) >= 11 is 0.996. The number of thiazole rings is 1. The lowest BCUT2D eigenvalue weighted by atomic mass is 10.2. The predicted molar refractivity (Wildman–Crippen MR) is 55.7 cm³/mol. The molecule has 2 rings (SSSR count). The third-order valence-corrected chi connectivity index (χ3v) is 2.89. The maximum absolute atomic E-state index is 12.5. The van der Waals surface area contributed by atoms with Crippen molar-refractivity contribution in [1.82, 2.24) is 9.97 Å². The van der Waals surface area contributed by atoms with Gasteiger partial charge in [0.1, 0.15) is 5.01 Å². The number of carbonyl (C=O) groups excluding carboxylic acids is 1. The fraction of sp³-hybridized carbons (Fsp3) is 0.100. The molecule has 0 aliphatic carbocycles. The van der Waals surface area contributed by atoms with Gasteiger partial charge in [-0.15, -0.1) is 11.3 Å². The molecular weight excluding hydrogens is 253 g/mol. The van der Waals surface area contributed by atoms with Crippen molar-refractivity contribution in [2.75, 3.05) is 0 Å². The normalized spacial score (nSPS) is 11.5. The fourth-order valence-electron chi connectivity index (χ4n) is 1.18. The number of halogens is 3. The van der Waals surface area contributed by atoms with Crippen molar-refractivity contribution in [3.63, 3.8) is 0 Å². The fourth-order valence-corrected chi connectivity index (χ4v) is 1.88. The van der Waals surface area contributed by atoms with Gasteiger partial charge in [0.05, 0.1) is 16.1 Å². The molecule has 0 aliphatic heterocycles. The number of hydrogen-bond donors (Lipinski definition) is 0. The van der Waals surface area contributed by atoms with Crippen LogP contribution in [0.25, 0.3) is 10.7 Å². The molecule has 3 nitrogen and oxygen atoms in total. The standard InChI is InChI=1S/C10H5F3N2OS/c11-10(12,13)6-1-2-14-8(3-6)9-15-4-7(5-16)17-9/h1-5H. The van der Waals surface area contributed by atoms with E-state index in [-0.39, 0.29) is 5.69 Å². The van der Waals surface area contributed by atoms with Crippen LogP contribution in [0.1, 0.15) is 15.2 Å². The Balaban J connectivity index is 2.42. The molecule has 2 aromatic rings. The van der Waals surface area contributed by atoms with Gasteiger partial charge in [0.25, 0.3) is 0 Å². The average molecular weight is 258 g/mol. The van der Waals surface area contributed by atoms with Gasteiger partial charge in [0.15, 0.2) is 6.29 Å². The van der Waals surface area contributed by atoms with Crippen LogP contribution in [0.15, 0.2) is 24.5 Å². The zero-order chi connectivity index (χ0) is 12.5. The zero-order valence-corrected chi connectivity index (χ0v) is 9.05. The molecule has 2 heterocycles. The minimum Gasteiger partial charge on any atom is -0.297 e.